The number of hydrogen-bond donors (Lipinski definition) is 2. The topological polar surface area (TPSA) is 79.3 Å². The number of halogens is 4. The molecule has 0 bridgehead atoms. The van der Waals surface area contributed by atoms with Crippen LogP contribution >= 0.6 is 15.9 Å². The fourth-order valence-corrected chi connectivity index (χ4v) is 1.45. The first-order chi connectivity index (χ1) is 8.58. The van der Waals surface area contributed by atoms with Crippen molar-refractivity contribution in [1.82, 2.24) is 10.3 Å². The highest BCUT2D eigenvalue weighted by atomic mass is 79.9. The van der Waals surface area contributed by atoms with Crippen LogP contribution in [0.15, 0.2) is 22.9 Å². The van der Waals surface area contributed by atoms with E-state index in [1.807, 2.05) is 0 Å². The van der Waals surface area contributed by atoms with Gasteiger partial charge in [-0.2, -0.15) is 13.2 Å². The van der Waals surface area contributed by atoms with Crippen LogP contribution < -0.4 is 5.32 Å². The summed E-state index contributed by atoms with van der Waals surface area (Å²) < 4.78 is 38.3. The quantitative estimate of drug-likeness (QED) is 0.824. The molecule has 1 aromatic rings. The fourth-order valence-electron chi connectivity index (χ4n) is 1.09. The van der Waals surface area contributed by atoms with E-state index in [-0.39, 0.29) is 10.2 Å². The SMILES string of the molecule is CC(NC(=O)c1ccnc(Br)c1)(C(=O)O)C(F)(F)F. The summed E-state index contributed by atoms with van der Waals surface area (Å²) in [5.41, 5.74) is -3.50. The van der Waals surface area contributed by atoms with Crippen LogP contribution in [-0.4, -0.2) is 33.7 Å². The largest absolute Gasteiger partial charge is 0.479 e. The Hall–Kier alpha value is -1.64. The number of carbonyl (C=O) groups excluding carboxylic acids is 1. The molecule has 104 valence electrons. The normalized spacial score (nSPS) is 14.6. The summed E-state index contributed by atoms with van der Waals surface area (Å²) in [6, 6.07) is 2.34. The number of aromatic nitrogens is 1. The maximum atomic E-state index is 12.7. The third-order valence-corrected chi connectivity index (χ3v) is 2.78. The van der Waals surface area contributed by atoms with Gasteiger partial charge in [0.05, 0.1) is 0 Å². The maximum Gasteiger partial charge on any atom is 0.422 e. The molecule has 0 radical (unpaired) electrons. The molecule has 1 rings (SSSR count). The number of carboxylic acid groups (broad SMARTS) is 1. The first kappa shape index (κ1) is 15.4. The van der Waals surface area contributed by atoms with Gasteiger partial charge in [0.15, 0.2) is 0 Å². The second kappa shape index (κ2) is 5.16. The van der Waals surface area contributed by atoms with Crippen LogP contribution in [0.2, 0.25) is 0 Å². The average molecular weight is 341 g/mol. The molecule has 5 nitrogen and oxygen atoms in total. The number of nitrogens with one attached hydrogen (secondary N) is 1. The van der Waals surface area contributed by atoms with Crippen LogP contribution in [0, 0.1) is 0 Å². The molecule has 9 heteroatoms. The van der Waals surface area contributed by atoms with E-state index in [0.717, 1.165) is 0 Å². The zero-order valence-corrected chi connectivity index (χ0v) is 11.0. The van der Waals surface area contributed by atoms with Gasteiger partial charge < -0.3 is 10.4 Å². The Labute approximate surface area is 114 Å². The van der Waals surface area contributed by atoms with E-state index in [2.05, 4.69) is 20.9 Å². The second-order valence-electron chi connectivity index (χ2n) is 3.75. The molecule has 1 heterocycles. The lowest BCUT2D eigenvalue weighted by Gasteiger charge is -2.28. The summed E-state index contributed by atoms with van der Waals surface area (Å²) in [5, 5.41) is 10.1. The summed E-state index contributed by atoms with van der Waals surface area (Å²) in [4.78, 5) is 26.1. The minimum atomic E-state index is -5.13. The molecule has 1 unspecified atom stereocenters. The van der Waals surface area contributed by atoms with Crippen molar-refractivity contribution < 1.29 is 27.9 Å². The summed E-state index contributed by atoms with van der Waals surface area (Å²) in [5.74, 6) is -3.35. The van der Waals surface area contributed by atoms with Crippen molar-refractivity contribution >= 4 is 27.8 Å². The molecule has 0 spiro atoms. The lowest BCUT2D eigenvalue weighted by atomic mass is 10.0. The molecule has 1 aromatic heterocycles. The van der Waals surface area contributed by atoms with Gasteiger partial charge in [-0.1, -0.05) is 0 Å². The summed E-state index contributed by atoms with van der Waals surface area (Å²) in [6.45, 7) is 0.378. The van der Waals surface area contributed by atoms with Crippen LogP contribution in [0.5, 0.6) is 0 Å². The van der Waals surface area contributed by atoms with Gasteiger partial charge in [-0.15, -0.1) is 0 Å². The number of aliphatic carboxylic acids is 1. The molecule has 0 aliphatic carbocycles. The van der Waals surface area contributed by atoms with Crippen molar-refractivity contribution in [2.75, 3.05) is 0 Å². The Morgan fingerprint density at radius 2 is 2.00 bits per heavy atom. The van der Waals surface area contributed by atoms with Crippen molar-refractivity contribution in [3.63, 3.8) is 0 Å². The number of carboxylic acids is 1. The highest BCUT2D eigenvalue weighted by Crippen LogP contribution is 2.30. The van der Waals surface area contributed by atoms with E-state index in [4.69, 9.17) is 5.11 Å². The lowest BCUT2D eigenvalue weighted by Crippen LogP contribution is -2.61. The smallest absolute Gasteiger partial charge is 0.422 e. The molecule has 0 fully saturated rings. The van der Waals surface area contributed by atoms with Crippen LogP contribution in [0.4, 0.5) is 13.2 Å². The summed E-state index contributed by atoms with van der Waals surface area (Å²) >= 11 is 2.95. The van der Waals surface area contributed by atoms with E-state index in [0.29, 0.717) is 6.92 Å². The second-order valence-corrected chi connectivity index (χ2v) is 4.56. The van der Waals surface area contributed by atoms with Gasteiger partial charge in [0.1, 0.15) is 4.60 Å². The molecule has 1 atom stereocenters. The molecule has 0 aliphatic heterocycles. The molecule has 0 aliphatic rings. The van der Waals surface area contributed by atoms with Crippen molar-refractivity contribution in [2.24, 2.45) is 0 Å². The zero-order chi connectivity index (χ0) is 14.8. The van der Waals surface area contributed by atoms with Gasteiger partial charge in [0.25, 0.3) is 5.91 Å². The van der Waals surface area contributed by atoms with Crippen LogP contribution in [0.3, 0.4) is 0 Å². The summed E-state index contributed by atoms with van der Waals surface area (Å²) in [6.07, 6.45) is -3.93. The third kappa shape index (κ3) is 3.22. The highest BCUT2D eigenvalue weighted by Gasteiger charge is 2.58. The van der Waals surface area contributed by atoms with Crippen LogP contribution in [0.25, 0.3) is 0 Å². The van der Waals surface area contributed by atoms with E-state index in [1.54, 1.807) is 0 Å². The molecule has 0 saturated carbocycles. The van der Waals surface area contributed by atoms with Gasteiger partial charge in [-0.3, -0.25) is 4.79 Å². The van der Waals surface area contributed by atoms with Crippen molar-refractivity contribution in [3.05, 3.63) is 28.5 Å². The number of amides is 1. The molecular formula is C10H8BrF3N2O3. The Morgan fingerprint density at radius 1 is 1.42 bits per heavy atom. The van der Waals surface area contributed by atoms with Crippen LogP contribution in [0.1, 0.15) is 17.3 Å². The van der Waals surface area contributed by atoms with Crippen LogP contribution in [-0.2, 0) is 4.79 Å². The van der Waals surface area contributed by atoms with Gasteiger partial charge in [0.2, 0.25) is 5.54 Å². The summed E-state index contributed by atoms with van der Waals surface area (Å²) in [7, 11) is 0. The molecule has 2 N–H and O–H groups in total. The standard InChI is InChI=1S/C10H8BrF3N2O3/c1-9(8(18)19,10(12,13)14)16-7(17)5-2-3-15-6(11)4-5/h2-4H,1H3,(H,16,17)(H,18,19). The maximum absolute atomic E-state index is 12.7. The van der Waals surface area contributed by atoms with Crippen molar-refractivity contribution in [2.45, 2.75) is 18.6 Å². The minimum absolute atomic E-state index is 0.140. The number of rotatable bonds is 3. The van der Waals surface area contributed by atoms with Gasteiger partial charge in [0, 0.05) is 11.8 Å². The first-order valence-corrected chi connectivity index (χ1v) is 5.61. The monoisotopic (exact) mass is 340 g/mol. The number of nitrogens with zero attached hydrogens (tertiary/aromatic N) is 1. The van der Waals surface area contributed by atoms with Gasteiger partial charge >= 0.3 is 12.1 Å². The highest BCUT2D eigenvalue weighted by molar-refractivity contribution is 9.10. The molecule has 19 heavy (non-hydrogen) atoms. The predicted octanol–water partition coefficient (Wildman–Crippen LogP) is 1.98. The molecular weight excluding hydrogens is 333 g/mol. The third-order valence-electron chi connectivity index (χ3n) is 2.35. The van der Waals surface area contributed by atoms with Crippen molar-refractivity contribution in [3.8, 4) is 0 Å². The number of pyridine rings is 1. The van der Waals surface area contributed by atoms with E-state index < -0.39 is 23.6 Å². The molecule has 1 amide bonds. The van der Waals surface area contributed by atoms with Crippen molar-refractivity contribution in [1.29, 1.82) is 0 Å². The number of hydrogen-bond acceptors (Lipinski definition) is 3. The lowest BCUT2D eigenvalue weighted by molar-refractivity contribution is -0.203. The van der Waals surface area contributed by atoms with E-state index >= 15 is 0 Å². The first-order valence-electron chi connectivity index (χ1n) is 4.82. The van der Waals surface area contributed by atoms with Gasteiger partial charge in [-0.25, -0.2) is 9.78 Å². The minimum Gasteiger partial charge on any atom is -0.479 e. The molecule has 0 aromatic carbocycles. The fraction of sp³-hybridized carbons (Fsp3) is 0.300. The predicted molar refractivity (Wildman–Crippen MR) is 61.5 cm³/mol. The Kier molecular flexibility index (Phi) is 4.18. The van der Waals surface area contributed by atoms with E-state index in [1.165, 1.54) is 23.6 Å². The zero-order valence-electron chi connectivity index (χ0n) is 9.45. The molecule has 0 saturated heterocycles. The van der Waals surface area contributed by atoms with Gasteiger partial charge in [-0.05, 0) is 35.0 Å². The number of carbonyl (C=O) groups is 2. The number of alkyl halides is 3. The Bertz CT molecular complexity index is 521. The van der Waals surface area contributed by atoms with E-state index in [9.17, 15) is 22.8 Å². The Balaban J connectivity index is 3.06. The average Bonchev–Trinajstić information content (AvgIpc) is 2.27. The Morgan fingerprint density at radius 3 is 2.42 bits per heavy atom.